The van der Waals surface area contributed by atoms with Gasteiger partial charge in [0.25, 0.3) is 5.69 Å². The fourth-order valence-corrected chi connectivity index (χ4v) is 3.62. The molecular formula is C14H24ClN3O4S. The van der Waals surface area contributed by atoms with Crippen LogP contribution in [0, 0.1) is 29.4 Å². The molecule has 0 bridgehead atoms. The van der Waals surface area contributed by atoms with Crippen molar-refractivity contribution in [2.24, 2.45) is 11.1 Å². The SMILES string of the molecule is Cc1cc([N+](=O)[O-])c(S(=O)(=O)N(C)CC(C)(C)CN)cc1C.Cl. The van der Waals surface area contributed by atoms with Crippen molar-refractivity contribution >= 4 is 28.1 Å². The molecule has 1 aromatic carbocycles. The highest BCUT2D eigenvalue weighted by Crippen LogP contribution is 2.30. The quantitative estimate of drug-likeness (QED) is 0.614. The molecule has 0 amide bonds. The van der Waals surface area contributed by atoms with Crippen LogP contribution in [0.2, 0.25) is 0 Å². The van der Waals surface area contributed by atoms with Gasteiger partial charge in [-0.05, 0) is 43.0 Å². The number of aryl methyl sites for hydroxylation is 2. The Hall–Kier alpha value is -1.22. The van der Waals surface area contributed by atoms with Gasteiger partial charge in [0.15, 0.2) is 4.90 Å². The number of rotatable bonds is 6. The summed E-state index contributed by atoms with van der Waals surface area (Å²) in [7, 11) is -2.55. The second-order valence-corrected chi connectivity index (χ2v) is 8.30. The van der Waals surface area contributed by atoms with Gasteiger partial charge in [0.2, 0.25) is 10.0 Å². The molecule has 23 heavy (non-hydrogen) atoms. The van der Waals surface area contributed by atoms with E-state index in [0.29, 0.717) is 17.7 Å². The predicted octanol–water partition coefficient (Wildman–Crippen LogP) is 2.24. The summed E-state index contributed by atoms with van der Waals surface area (Å²) in [5.41, 5.74) is 6.17. The van der Waals surface area contributed by atoms with Gasteiger partial charge in [-0.15, -0.1) is 12.4 Å². The monoisotopic (exact) mass is 365 g/mol. The van der Waals surface area contributed by atoms with Crippen LogP contribution in [0.15, 0.2) is 17.0 Å². The number of benzene rings is 1. The van der Waals surface area contributed by atoms with Gasteiger partial charge < -0.3 is 5.73 Å². The van der Waals surface area contributed by atoms with Crippen molar-refractivity contribution < 1.29 is 13.3 Å². The van der Waals surface area contributed by atoms with Crippen molar-refractivity contribution in [2.45, 2.75) is 32.6 Å². The normalized spacial score (nSPS) is 12.1. The summed E-state index contributed by atoms with van der Waals surface area (Å²) < 4.78 is 26.5. The van der Waals surface area contributed by atoms with Crippen LogP contribution in [0.5, 0.6) is 0 Å². The number of nitro groups is 1. The van der Waals surface area contributed by atoms with Crippen LogP contribution in [0.4, 0.5) is 5.69 Å². The van der Waals surface area contributed by atoms with Gasteiger partial charge in [0, 0.05) is 19.7 Å². The first-order valence-corrected chi connectivity index (χ1v) is 8.28. The molecule has 2 N–H and O–H groups in total. The zero-order valence-corrected chi connectivity index (χ0v) is 15.6. The standard InChI is InChI=1S/C14H23N3O4S.ClH/c1-10-6-12(17(18)19)13(7-11(10)2)22(20,21)16(5)9-14(3,4)8-15;/h6-7H,8-9,15H2,1-5H3;1H. The van der Waals surface area contributed by atoms with Gasteiger partial charge in [0.05, 0.1) is 4.92 Å². The van der Waals surface area contributed by atoms with Crippen molar-refractivity contribution in [3.63, 3.8) is 0 Å². The number of sulfonamides is 1. The molecule has 9 heteroatoms. The molecule has 0 aliphatic heterocycles. The van der Waals surface area contributed by atoms with Crippen molar-refractivity contribution in [3.05, 3.63) is 33.4 Å². The molecule has 0 saturated heterocycles. The second kappa shape index (κ2) is 7.57. The van der Waals surface area contributed by atoms with E-state index in [1.807, 2.05) is 13.8 Å². The summed E-state index contributed by atoms with van der Waals surface area (Å²) in [6.07, 6.45) is 0. The van der Waals surface area contributed by atoms with Crippen LogP contribution in [0.1, 0.15) is 25.0 Å². The zero-order chi connectivity index (χ0) is 17.3. The number of nitrogens with two attached hydrogens (primary N) is 1. The summed E-state index contributed by atoms with van der Waals surface area (Å²) in [5, 5.41) is 11.2. The minimum Gasteiger partial charge on any atom is -0.330 e. The average molecular weight is 366 g/mol. The van der Waals surface area contributed by atoms with E-state index in [2.05, 4.69) is 0 Å². The zero-order valence-electron chi connectivity index (χ0n) is 14.0. The number of hydrogen-bond acceptors (Lipinski definition) is 5. The molecule has 0 aliphatic carbocycles. The third-order valence-corrected chi connectivity index (χ3v) is 5.50. The van der Waals surface area contributed by atoms with Crippen LogP contribution in [0.25, 0.3) is 0 Å². The van der Waals surface area contributed by atoms with E-state index in [4.69, 9.17) is 5.73 Å². The fourth-order valence-electron chi connectivity index (χ4n) is 2.04. The lowest BCUT2D eigenvalue weighted by Crippen LogP contribution is -2.39. The number of nitrogens with zero attached hydrogens (tertiary/aromatic N) is 2. The first-order valence-electron chi connectivity index (χ1n) is 6.84. The van der Waals surface area contributed by atoms with Gasteiger partial charge in [-0.25, -0.2) is 12.7 Å². The summed E-state index contributed by atoms with van der Waals surface area (Å²) >= 11 is 0. The molecular weight excluding hydrogens is 342 g/mol. The molecule has 0 aliphatic rings. The Morgan fingerprint density at radius 3 is 2.17 bits per heavy atom. The molecule has 1 rings (SSSR count). The topological polar surface area (TPSA) is 107 Å². The Bertz CT molecular complexity index is 690. The lowest BCUT2D eigenvalue weighted by Gasteiger charge is -2.28. The van der Waals surface area contributed by atoms with Crippen LogP contribution in [-0.4, -0.2) is 37.8 Å². The van der Waals surface area contributed by atoms with Crippen LogP contribution in [-0.2, 0) is 10.0 Å². The Morgan fingerprint density at radius 2 is 1.74 bits per heavy atom. The average Bonchev–Trinajstić information content (AvgIpc) is 2.40. The minimum absolute atomic E-state index is 0. The van der Waals surface area contributed by atoms with E-state index >= 15 is 0 Å². The Labute approximate surface area is 143 Å². The molecule has 0 heterocycles. The summed E-state index contributed by atoms with van der Waals surface area (Å²) in [5.74, 6) is 0. The summed E-state index contributed by atoms with van der Waals surface area (Å²) in [6, 6.07) is 2.65. The molecule has 132 valence electrons. The Kier molecular flexibility index (Phi) is 7.16. The summed E-state index contributed by atoms with van der Waals surface area (Å²) in [6.45, 7) is 7.60. The van der Waals surface area contributed by atoms with Gasteiger partial charge >= 0.3 is 0 Å². The van der Waals surface area contributed by atoms with E-state index in [0.717, 1.165) is 4.31 Å². The van der Waals surface area contributed by atoms with Crippen LogP contribution in [0.3, 0.4) is 0 Å². The van der Waals surface area contributed by atoms with Gasteiger partial charge in [-0.3, -0.25) is 10.1 Å². The molecule has 0 fully saturated rings. The van der Waals surface area contributed by atoms with Crippen LogP contribution >= 0.6 is 12.4 Å². The smallest absolute Gasteiger partial charge is 0.289 e. The van der Waals surface area contributed by atoms with Crippen molar-refractivity contribution in [1.29, 1.82) is 0 Å². The highest BCUT2D eigenvalue weighted by molar-refractivity contribution is 7.89. The number of hydrogen-bond donors (Lipinski definition) is 1. The molecule has 1 aromatic rings. The molecule has 0 unspecified atom stereocenters. The first kappa shape index (κ1) is 21.8. The van der Waals surface area contributed by atoms with E-state index in [-0.39, 0.29) is 23.8 Å². The lowest BCUT2D eigenvalue weighted by atomic mass is 9.94. The third kappa shape index (κ3) is 4.87. The third-order valence-electron chi connectivity index (χ3n) is 3.66. The van der Waals surface area contributed by atoms with Crippen molar-refractivity contribution in [2.75, 3.05) is 20.1 Å². The molecule has 7 nitrogen and oxygen atoms in total. The van der Waals surface area contributed by atoms with E-state index in [1.165, 1.54) is 19.2 Å². The predicted molar refractivity (Wildman–Crippen MR) is 92.5 cm³/mol. The highest BCUT2D eigenvalue weighted by Gasteiger charge is 2.33. The van der Waals surface area contributed by atoms with Gasteiger partial charge in [-0.2, -0.15) is 0 Å². The van der Waals surface area contributed by atoms with Crippen molar-refractivity contribution in [3.8, 4) is 0 Å². The maximum Gasteiger partial charge on any atom is 0.289 e. The minimum atomic E-state index is -3.96. The van der Waals surface area contributed by atoms with E-state index < -0.39 is 26.0 Å². The van der Waals surface area contributed by atoms with E-state index in [9.17, 15) is 18.5 Å². The van der Waals surface area contributed by atoms with Crippen molar-refractivity contribution in [1.82, 2.24) is 4.31 Å². The maximum absolute atomic E-state index is 12.7. The maximum atomic E-state index is 12.7. The largest absolute Gasteiger partial charge is 0.330 e. The molecule has 0 spiro atoms. The summed E-state index contributed by atoms with van der Waals surface area (Å²) in [4.78, 5) is 10.3. The second-order valence-electron chi connectivity index (χ2n) is 6.29. The molecule has 0 saturated carbocycles. The first-order chi connectivity index (χ1) is 9.92. The number of halogens is 1. The molecule has 0 radical (unpaired) electrons. The lowest BCUT2D eigenvalue weighted by molar-refractivity contribution is -0.387. The molecule has 0 aromatic heterocycles. The Balaban J connectivity index is 0.00000484. The highest BCUT2D eigenvalue weighted by atomic mass is 35.5. The number of nitro benzene ring substituents is 1. The van der Waals surface area contributed by atoms with Crippen LogP contribution < -0.4 is 5.73 Å². The Morgan fingerprint density at radius 1 is 1.26 bits per heavy atom. The van der Waals surface area contributed by atoms with Gasteiger partial charge in [-0.1, -0.05) is 13.8 Å². The van der Waals surface area contributed by atoms with Gasteiger partial charge in [0.1, 0.15) is 0 Å². The fraction of sp³-hybridized carbons (Fsp3) is 0.571. The van der Waals surface area contributed by atoms with E-state index in [1.54, 1.807) is 13.8 Å². The molecule has 0 atom stereocenters.